The molecule has 0 N–H and O–H groups in total. The molecule has 1 amide bonds. The number of nitrogens with zero attached hydrogens (tertiary/aromatic N) is 1. The van der Waals surface area contributed by atoms with Crippen molar-refractivity contribution in [3.05, 3.63) is 53.1 Å². The number of Topliss-reactive ketones (excluding diaryl/α,β-unsaturated/α-hetero) is 1. The molecule has 0 radical (unpaired) electrons. The van der Waals surface area contributed by atoms with Gasteiger partial charge in [0.05, 0.1) is 27.2 Å². The maximum atomic E-state index is 12.5. The molecule has 176 valence electrons. The van der Waals surface area contributed by atoms with Gasteiger partial charge >= 0.3 is 5.97 Å². The molecule has 0 fully saturated rings. The third kappa shape index (κ3) is 6.25. The highest BCUT2D eigenvalue weighted by molar-refractivity contribution is 5.97. The number of hydrogen-bond acceptors (Lipinski definition) is 7. The Morgan fingerprint density at radius 3 is 2.24 bits per heavy atom. The van der Waals surface area contributed by atoms with Gasteiger partial charge in [0.15, 0.2) is 23.9 Å². The highest BCUT2D eigenvalue weighted by atomic mass is 16.5. The second-order valence-electron chi connectivity index (χ2n) is 7.58. The first-order valence-electron chi connectivity index (χ1n) is 10.9. The van der Waals surface area contributed by atoms with E-state index in [1.54, 1.807) is 43.4 Å². The molecule has 1 aliphatic heterocycles. The zero-order valence-corrected chi connectivity index (χ0v) is 19.2. The Bertz CT molecular complexity index is 1000. The van der Waals surface area contributed by atoms with E-state index in [1.807, 2.05) is 19.1 Å². The van der Waals surface area contributed by atoms with Gasteiger partial charge < -0.3 is 23.8 Å². The molecular formula is C25H29NO7. The summed E-state index contributed by atoms with van der Waals surface area (Å²) >= 11 is 0. The smallest absolute Gasteiger partial charge is 0.306 e. The molecule has 0 atom stereocenters. The summed E-state index contributed by atoms with van der Waals surface area (Å²) in [5.41, 5.74) is 2.57. The number of fused-ring (bicyclic) bond motifs is 1. The molecule has 2 aromatic carbocycles. The minimum atomic E-state index is -0.577. The second-order valence-corrected chi connectivity index (χ2v) is 7.58. The van der Waals surface area contributed by atoms with Crippen LogP contribution < -0.4 is 14.2 Å². The van der Waals surface area contributed by atoms with Gasteiger partial charge in [0.2, 0.25) is 0 Å². The van der Waals surface area contributed by atoms with Crippen molar-refractivity contribution in [2.24, 2.45) is 0 Å². The van der Waals surface area contributed by atoms with E-state index in [9.17, 15) is 14.4 Å². The standard InChI is InChI=1S/C25H29NO7/c1-4-32-20-7-5-17(6-8-20)21(27)9-10-25(29)33-16-24(28)26-12-11-18-13-22(30-2)23(31-3)14-19(18)15-26/h5-8,13-14H,4,9-12,15-16H2,1-3H3. The summed E-state index contributed by atoms with van der Waals surface area (Å²) in [6, 6.07) is 10.6. The minimum Gasteiger partial charge on any atom is -0.494 e. The van der Waals surface area contributed by atoms with Gasteiger partial charge in [0.1, 0.15) is 5.75 Å². The Morgan fingerprint density at radius 1 is 0.939 bits per heavy atom. The number of ketones is 1. The topological polar surface area (TPSA) is 91.4 Å². The molecule has 0 spiro atoms. The Balaban J connectivity index is 1.46. The number of amides is 1. The van der Waals surface area contributed by atoms with Crippen LogP contribution in [0.5, 0.6) is 17.2 Å². The van der Waals surface area contributed by atoms with Crippen LogP contribution in [0.3, 0.4) is 0 Å². The van der Waals surface area contributed by atoms with E-state index in [0.717, 1.165) is 11.1 Å². The average molecular weight is 456 g/mol. The molecule has 33 heavy (non-hydrogen) atoms. The van der Waals surface area contributed by atoms with Crippen molar-refractivity contribution in [3.8, 4) is 17.2 Å². The lowest BCUT2D eigenvalue weighted by Gasteiger charge is -2.29. The Hall–Kier alpha value is -3.55. The van der Waals surface area contributed by atoms with Crippen LogP contribution >= 0.6 is 0 Å². The Morgan fingerprint density at radius 2 is 1.61 bits per heavy atom. The lowest BCUT2D eigenvalue weighted by molar-refractivity contribution is -0.152. The van der Waals surface area contributed by atoms with Crippen LogP contribution in [0.4, 0.5) is 0 Å². The van der Waals surface area contributed by atoms with Crippen LogP contribution in [-0.2, 0) is 27.3 Å². The summed E-state index contributed by atoms with van der Waals surface area (Å²) in [6.07, 6.45) is 0.602. The molecule has 0 unspecified atom stereocenters. The number of methoxy groups -OCH3 is 2. The normalized spacial score (nSPS) is 12.5. The molecule has 3 rings (SSSR count). The number of hydrogen-bond donors (Lipinski definition) is 0. The maximum absolute atomic E-state index is 12.5. The third-order valence-electron chi connectivity index (χ3n) is 5.47. The van der Waals surface area contributed by atoms with Crippen LogP contribution in [-0.4, -0.2) is 56.5 Å². The van der Waals surface area contributed by atoms with Crippen molar-refractivity contribution in [1.29, 1.82) is 0 Å². The Labute approximate surface area is 193 Å². The van der Waals surface area contributed by atoms with Crippen LogP contribution in [0.25, 0.3) is 0 Å². The number of carbonyl (C=O) groups is 3. The van der Waals surface area contributed by atoms with Crippen LogP contribution in [0.1, 0.15) is 41.3 Å². The monoisotopic (exact) mass is 455 g/mol. The fourth-order valence-electron chi connectivity index (χ4n) is 3.67. The molecule has 8 heteroatoms. The number of ether oxygens (including phenoxy) is 4. The largest absolute Gasteiger partial charge is 0.494 e. The van der Waals surface area contributed by atoms with Crippen molar-refractivity contribution in [2.45, 2.75) is 32.7 Å². The van der Waals surface area contributed by atoms with Crippen molar-refractivity contribution in [2.75, 3.05) is 34.0 Å². The van der Waals surface area contributed by atoms with Crippen LogP contribution in [0.2, 0.25) is 0 Å². The molecule has 0 aromatic heterocycles. The molecule has 1 aliphatic rings. The van der Waals surface area contributed by atoms with E-state index in [2.05, 4.69) is 0 Å². The Kier molecular flexibility index (Phi) is 8.29. The van der Waals surface area contributed by atoms with Gasteiger partial charge in [-0.25, -0.2) is 0 Å². The first-order chi connectivity index (χ1) is 15.9. The van der Waals surface area contributed by atoms with E-state index < -0.39 is 5.97 Å². The lowest BCUT2D eigenvalue weighted by atomic mass is 9.99. The van der Waals surface area contributed by atoms with E-state index in [0.29, 0.717) is 48.9 Å². The summed E-state index contributed by atoms with van der Waals surface area (Å²) in [6.45, 7) is 3.01. The zero-order valence-electron chi connectivity index (χ0n) is 19.2. The van der Waals surface area contributed by atoms with Crippen LogP contribution in [0.15, 0.2) is 36.4 Å². The molecule has 0 bridgehead atoms. The number of benzene rings is 2. The van der Waals surface area contributed by atoms with Crippen molar-refractivity contribution in [1.82, 2.24) is 4.90 Å². The zero-order chi connectivity index (χ0) is 23.8. The summed E-state index contributed by atoms with van der Waals surface area (Å²) < 4.78 is 21.1. The first kappa shape index (κ1) is 24.1. The highest BCUT2D eigenvalue weighted by Crippen LogP contribution is 2.33. The average Bonchev–Trinajstić information content (AvgIpc) is 2.85. The van der Waals surface area contributed by atoms with E-state index >= 15 is 0 Å². The number of rotatable bonds is 10. The molecule has 0 saturated carbocycles. The molecule has 0 saturated heterocycles. The van der Waals surface area contributed by atoms with Crippen molar-refractivity contribution in [3.63, 3.8) is 0 Å². The predicted molar refractivity (Wildman–Crippen MR) is 121 cm³/mol. The van der Waals surface area contributed by atoms with E-state index in [1.165, 1.54) is 0 Å². The predicted octanol–water partition coefficient (Wildman–Crippen LogP) is 3.19. The van der Waals surface area contributed by atoms with Crippen LogP contribution in [0, 0.1) is 0 Å². The first-order valence-corrected chi connectivity index (χ1v) is 10.9. The summed E-state index contributed by atoms with van der Waals surface area (Å²) in [4.78, 5) is 38.5. The summed E-state index contributed by atoms with van der Waals surface area (Å²) in [5, 5.41) is 0. The van der Waals surface area contributed by atoms with Gasteiger partial charge in [-0.15, -0.1) is 0 Å². The lowest BCUT2D eigenvalue weighted by Crippen LogP contribution is -2.38. The fourth-order valence-corrected chi connectivity index (χ4v) is 3.67. The molecule has 8 nitrogen and oxygen atoms in total. The summed E-state index contributed by atoms with van der Waals surface area (Å²) in [5.74, 6) is 0.926. The molecular weight excluding hydrogens is 426 g/mol. The highest BCUT2D eigenvalue weighted by Gasteiger charge is 2.23. The van der Waals surface area contributed by atoms with Crippen molar-refractivity contribution >= 4 is 17.7 Å². The van der Waals surface area contributed by atoms with E-state index in [4.69, 9.17) is 18.9 Å². The van der Waals surface area contributed by atoms with Gasteiger partial charge in [-0.3, -0.25) is 14.4 Å². The fraction of sp³-hybridized carbons (Fsp3) is 0.400. The SMILES string of the molecule is CCOc1ccc(C(=O)CCC(=O)OCC(=O)N2CCc3cc(OC)c(OC)cc3C2)cc1. The third-order valence-corrected chi connectivity index (χ3v) is 5.47. The van der Waals surface area contributed by atoms with Gasteiger partial charge in [-0.2, -0.15) is 0 Å². The van der Waals surface area contributed by atoms with Crippen molar-refractivity contribution < 1.29 is 33.3 Å². The quantitative estimate of drug-likeness (QED) is 0.401. The molecule has 2 aromatic rings. The summed E-state index contributed by atoms with van der Waals surface area (Å²) in [7, 11) is 3.15. The number of esters is 1. The van der Waals surface area contributed by atoms with Gasteiger partial charge in [-0.1, -0.05) is 0 Å². The van der Waals surface area contributed by atoms with Gasteiger partial charge in [0, 0.05) is 25.1 Å². The van der Waals surface area contributed by atoms with E-state index in [-0.39, 0.29) is 31.1 Å². The minimum absolute atomic E-state index is 0.0136. The number of carbonyl (C=O) groups excluding carboxylic acids is 3. The van der Waals surface area contributed by atoms with Gasteiger partial charge in [0.25, 0.3) is 5.91 Å². The maximum Gasteiger partial charge on any atom is 0.306 e. The second kappa shape index (κ2) is 11.4. The molecule has 0 aliphatic carbocycles. The molecule has 1 heterocycles. The van der Waals surface area contributed by atoms with Gasteiger partial charge in [-0.05, 0) is 60.9 Å².